The predicted octanol–water partition coefficient (Wildman–Crippen LogP) is 1.99. The van der Waals surface area contributed by atoms with Crippen LogP contribution in [0.4, 0.5) is 5.69 Å². The zero-order chi connectivity index (χ0) is 9.84. The van der Waals surface area contributed by atoms with Crippen molar-refractivity contribution in [2.45, 2.75) is 13.5 Å². The maximum absolute atomic E-state index is 10.5. The summed E-state index contributed by atoms with van der Waals surface area (Å²) in [6.45, 7) is 1.47. The Kier molecular flexibility index (Phi) is 3.14. The van der Waals surface area contributed by atoms with Gasteiger partial charge < -0.3 is 10.5 Å². The summed E-state index contributed by atoms with van der Waals surface area (Å²) in [5.74, 6) is -0.348. The summed E-state index contributed by atoms with van der Waals surface area (Å²) in [7, 11) is 0. The van der Waals surface area contributed by atoms with E-state index in [0.29, 0.717) is 16.3 Å². The molecule has 0 saturated carbocycles. The molecule has 0 fully saturated rings. The van der Waals surface area contributed by atoms with E-state index in [1.165, 1.54) is 6.92 Å². The van der Waals surface area contributed by atoms with E-state index in [9.17, 15) is 4.79 Å². The number of hydrogen-bond acceptors (Lipinski definition) is 3. The first-order chi connectivity index (χ1) is 6.11. The number of carbonyl (C=O) groups excluding carboxylic acids is 1. The quantitative estimate of drug-likeness (QED) is 0.586. The Morgan fingerprint density at radius 1 is 1.62 bits per heavy atom. The molecule has 0 aliphatic rings. The zero-order valence-corrected chi connectivity index (χ0v) is 7.97. The first-order valence-electron chi connectivity index (χ1n) is 3.77. The Bertz CT molecular complexity index is 305. The van der Waals surface area contributed by atoms with Crippen LogP contribution in [0.2, 0.25) is 5.02 Å². The maximum Gasteiger partial charge on any atom is 0.302 e. The highest BCUT2D eigenvalue weighted by atomic mass is 35.5. The third-order valence-corrected chi connectivity index (χ3v) is 1.93. The standard InChI is InChI=1S/C9H10ClNO2/c1-6(12)13-5-7-8(10)3-2-4-9(7)11/h2-4H,5,11H2,1H3. The molecule has 0 aliphatic carbocycles. The second-order valence-electron chi connectivity index (χ2n) is 2.59. The van der Waals surface area contributed by atoms with E-state index in [4.69, 9.17) is 22.1 Å². The molecule has 3 nitrogen and oxygen atoms in total. The van der Waals surface area contributed by atoms with Crippen LogP contribution >= 0.6 is 11.6 Å². The molecule has 0 aromatic heterocycles. The molecule has 13 heavy (non-hydrogen) atoms. The molecule has 1 aromatic rings. The zero-order valence-electron chi connectivity index (χ0n) is 7.21. The predicted molar refractivity (Wildman–Crippen MR) is 51.3 cm³/mol. The first kappa shape index (κ1) is 9.86. The molecule has 0 amide bonds. The molecule has 70 valence electrons. The number of ether oxygens (including phenoxy) is 1. The SMILES string of the molecule is CC(=O)OCc1c(N)cccc1Cl. The third-order valence-electron chi connectivity index (χ3n) is 1.57. The van der Waals surface area contributed by atoms with E-state index in [2.05, 4.69) is 0 Å². The fraction of sp³-hybridized carbons (Fsp3) is 0.222. The second-order valence-corrected chi connectivity index (χ2v) is 3.00. The number of benzene rings is 1. The van der Waals surface area contributed by atoms with Gasteiger partial charge in [0, 0.05) is 23.2 Å². The van der Waals surface area contributed by atoms with Gasteiger partial charge in [0.15, 0.2) is 0 Å². The van der Waals surface area contributed by atoms with Crippen molar-refractivity contribution in [3.05, 3.63) is 28.8 Å². The van der Waals surface area contributed by atoms with Gasteiger partial charge in [-0.3, -0.25) is 4.79 Å². The minimum Gasteiger partial charge on any atom is -0.461 e. The number of nitrogens with two attached hydrogens (primary N) is 1. The van der Waals surface area contributed by atoms with Gasteiger partial charge in [-0.05, 0) is 12.1 Å². The lowest BCUT2D eigenvalue weighted by molar-refractivity contribution is -0.142. The van der Waals surface area contributed by atoms with E-state index >= 15 is 0 Å². The van der Waals surface area contributed by atoms with Crippen LogP contribution in [0.5, 0.6) is 0 Å². The molecule has 0 unspecified atom stereocenters. The summed E-state index contributed by atoms with van der Waals surface area (Å²) in [6.07, 6.45) is 0. The first-order valence-corrected chi connectivity index (χ1v) is 4.15. The van der Waals surface area contributed by atoms with Gasteiger partial charge in [0.25, 0.3) is 0 Å². The van der Waals surface area contributed by atoms with Crippen LogP contribution in [0.25, 0.3) is 0 Å². The molecular weight excluding hydrogens is 190 g/mol. The van der Waals surface area contributed by atoms with Crippen molar-refractivity contribution >= 4 is 23.3 Å². The van der Waals surface area contributed by atoms with Crippen molar-refractivity contribution in [3.63, 3.8) is 0 Å². The van der Waals surface area contributed by atoms with Crippen LogP contribution in [-0.2, 0) is 16.1 Å². The van der Waals surface area contributed by atoms with Crippen LogP contribution in [0.3, 0.4) is 0 Å². The number of carbonyl (C=O) groups is 1. The number of nitrogen functional groups attached to an aromatic ring is 1. The fourth-order valence-corrected chi connectivity index (χ4v) is 1.14. The van der Waals surface area contributed by atoms with Gasteiger partial charge in [0.2, 0.25) is 0 Å². The average molecular weight is 200 g/mol. The summed E-state index contributed by atoms with van der Waals surface area (Å²) < 4.78 is 4.79. The molecule has 1 aromatic carbocycles. The largest absolute Gasteiger partial charge is 0.461 e. The molecule has 0 bridgehead atoms. The lowest BCUT2D eigenvalue weighted by Crippen LogP contribution is -2.02. The van der Waals surface area contributed by atoms with Gasteiger partial charge in [0.05, 0.1) is 0 Å². The van der Waals surface area contributed by atoms with E-state index in [0.717, 1.165) is 0 Å². The maximum atomic E-state index is 10.5. The Morgan fingerprint density at radius 3 is 2.85 bits per heavy atom. The van der Waals surface area contributed by atoms with E-state index in [-0.39, 0.29) is 12.6 Å². The molecule has 0 aliphatic heterocycles. The third kappa shape index (κ3) is 2.63. The second kappa shape index (κ2) is 4.14. The molecule has 0 radical (unpaired) electrons. The Labute approximate surface area is 81.4 Å². The highest BCUT2D eigenvalue weighted by Crippen LogP contribution is 2.22. The van der Waals surface area contributed by atoms with Gasteiger partial charge in [-0.2, -0.15) is 0 Å². The van der Waals surface area contributed by atoms with E-state index in [1.807, 2.05) is 0 Å². The molecule has 0 spiro atoms. The van der Waals surface area contributed by atoms with Gasteiger partial charge in [-0.15, -0.1) is 0 Å². The number of hydrogen-bond donors (Lipinski definition) is 1. The van der Waals surface area contributed by atoms with Crippen molar-refractivity contribution in [2.24, 2.45) is 0 Å². The van der Waals surface area contributed by atoms with Crippen molar-refractivity contribution in [3.8, 4) is 0 Å². The minimum absolute atomic E-state index is 0.126. The summed E-state index contributed by atoms with van der Waals surface area (Å²) in [6, 6.07) is 5.16. The van der Waals surface area contributed by atoms with Gasteiger partial charge in [-0.25, -0.2) is 0 Å². The van der Waals surface area contributed by atoms with Crippen molar-refractivity contribution in [1.29, 1.82) is 0 Å². The monoisotopic (exact) mass is 199 g/mol. The average Bonchev–Trinajstić information content (AvgIpc) is 2.03. The normalized spacial score (nSPS) is 9.69. The molecule has 0 atom stereocenters. The lowest BCUT2D eigenvalue weighted by Gasteiger charge is -2.07. The van der Waals surface area contributed by atoms with Gasteiger partial charge in [-0.1, -0.05) is 17.7 Å². The minimum atomic E-state index is -0.348. The summed E-state index contributed by atoms with van der Waals surface area (Å²) in [5.41, 5.74) is 6.82. The number of halogens is 1. The van der Waals surface area contributed by atoms with Crippen molar-refractivity contribution in [1.82, 2.24) is 0 Å². The van der Waals surface area contributed by atoms with Crippen molar-refractivity contribution < 1.29 is 9.53 Å². The highest BCUT2D eigenvalue weighted by molar-refractivity contribution is 6.31. The van der Waals surface area contributed by atoms with Crippen LogP contribution in [-0.4, -0.2) is 5.97 Å². The molecule has 0 heterocycles. The molecular formula is C9H10ClNO2. The number of esters is 1. The van der Waals surface area contributed by atoms with Crippen LogP contribution in [0.1, 0.15) is 12.5 Å². The lowest BCUT2D eigenvalue weighted by atomic mass is 10.2. The van der Waals surface area contributed by atoms with Gasteiger partial charge >= 0.3 is 5.97 Å². The smallest absolute Gasteiger partial charge is 0.302 e. The van der Waals surface area contributed by atoms with Gasteiger partial charge in [0.1, 0.15) is 6.61 Å². The summed E-state index contributed by atoms with van der Waals surface area (Å²) >= 11 is 5.84. The summed E-state index contributed by atoms with van der Waals surface area (Å²) in [4.78, 5) is 10.5. The number of rotatable bonds is 2. The van der Waals surface area contributed by atoms with E-state index < -0.39 is 0 Å². The molecule has 2 N–H and O–H groups in total. The molecule has 0 saturated heterocycles. The molecule has 1 rings (SSSR count). The van der Waals surface area contributed by atoms with Crippen LogP contribution in [0, 0.1) is 0 Å². The van der Waals surface area contributed by atoms with Crippen LogP contribution < -0.4 is 5.73 Å². The summed E-state index contributed by atoms with van der Waals surface area (Å²) in [5, 5.41) is 0.515. The fourth-order valence-electron chi connectivity index (χ4n) is 0.901. The topological polar surface area (TPSA) is 52.3 Å². The van der Waals surface area contributed by atoms with E-state index in [1.54, 1.807) is 18.2 Å². The number of anilines is 1. The van der Waals surface area contributed by atoms with Crippen molar-refractivity contribution in [2.75, 3.05) is 5.73 Å². The van der Waals surface area contributed by atoms with Crippen LogP contribution in [0.15, 0.2) is 18.2 Å². The Hall–Kier alpha value is -1.22. The Balaban J connectivity index is 2.81. The Morgan fingerprint density at radius 2 is 2.31 bits per heavy atom. The molecule has 4 heteroatoms. The highest BCUT2D eigenvalue weighted by Gasteiger charge is 2.05.